The molecule has 0 aliphatic carbocycles. The minimum absolute atomic E-state index is 0.0328. The highest BCUT2D eigenvalue weighted by molar-refractivity contribution is 7.99. The molecule has 0 amide bonds. The third-order valence-electron chi connectivity index (χ3n) is 2.21. The lowest BCUT2D eigenvalue weighted by atomic mass is 10.2. The molecule has 0 radical (unpaired) electrons. The van der Waals surface area contributed by atoms with Gasteiger partial charge in [0.2, 0.25) is 0 Å². The lowest BCUT2D eigenvalue weighted by molar-refractivity contribution is 0.905. The minimum atomic E-state index is 0.0328. The monoisotopic (exact) mass is 223 g/mol. The van der Waals surface area contributed by atoms with Crippen molar-refractivity contribution in [1.82, 2.24) is 4.98 Å². The minimum Gasteiger partial charge on any atom is -0.382 e. The maximum absolute atomic E-state index is 7.29. The van der Waals surface area contributed by atoms with Gasteiger partial charge in [-0.3, -0.25) is 10.4 Å². The van der Waals surface area contributed by atoms with E-state index in [1.165, 1.54) is 12.0 Å². The fourth-order valence-electron chi connectivity index (χ4n) is 1.07. The van der Waals surface area contributed by atoms with Crippen LogP contribution in [0.2, 0.25) is 0 Å². The number of nitrogens with zero attached hydrogens (tertiary/aromatic N) is 1. The fourth-order valence-corrected chi connectivity index (χ4v) is 1.96. The van der Waals surface area contributed by atoms with Gasteiger partial charge in [-0.25, -0.2) is 0 Å². The maximum Gasteiger partial charge on any atom is 0.141 e. The van der Waals surface area contributed by atoms with Crippen LogP contribution in [0.4, 0.5) is 0 Å². The topological polar surface area (TPSA) is 62.8 Å². The zero-order chi connectivity index (χ0) is 11.3. The Morgan fingerprint density at radius 2 is 2.40 bits per heavy atom. The molecule has 1 unspecified atom stereocenters. The van der Waals surface area contributed by atoms with E-state index in [0.29, 0.717) is 10.9 Å². The maximum atomic E-state index is 7.29. The number of nitrogens with two attached hydrogens (primary N) is 1. The number of amidine groups is 1. The third kappa shape index (κ3) is 3.91. The molecule has 0 aliphatic rings. The first-order chi connectivity index (χ1) is 7.13. The lowest BCUT2D eigenvalue weighted by Gasteiger charge is -2.08. The Hall–Kier alpha value is -1.03. The molecule has 0 aliphatic heterocycles. The van der Waals surface area contributed by atoms with Crippen LogP contribution in [0.25, 0.3) is 0 Å². The van der Waals surface area contributed by atoms with Crippen molar-refractivity contribution in [3.05, 3.63) is 29.6 Å². The van der Waals surface area contributed by atoms with E-state index in [0.717, 1.165) is 5.75 Å². The van der Waals surface area contributed by atoms with Crippen LogP contribution in [0, 0.1) is 5.41 Å². The van der Waals surface area contributed by atoms with Crippen molar-refractivity contribution in [1.29, 1.82) is 5.41 Å². The zero-order valence-corrected chi connectivity index (χ0v) is 9.97. The summed E-state index contributed by atoms with van der Waals surface area (Å²) >= 11 is 1.91. The van der Waals surface area contributed by atoms with E-state index in [4.69, 9.17) is 11.1 Å². The van der Waals surface area contributed by atoms with E-state index in [1.54, 1.807) is 6.20 Å². The molecule has 3 nitrogen and oxygen atoms in total. The molecule has 0 aromatic carbocycles. The Bertz CT molecular complexity index is 338. The van der Waals surface area contributed by atoms with Crippen molar-refractivity contribution in [2.45, 2.75) is 31.3 Å². The second-order valence-corrected chi connectivity index (χ2v) is 4.92. The predicted octanol–water partition coefficient (Wildman–Crippen LogP) is 2.40. The second kappa shape index (κ2) is 5.75. The Balaban J connectivity index is 2.62. The number of thioether (sulfide) groups is 1. The molecule has 4 heteroatoms. The summed E-state index contributed by atoms with van der Waals surface area (Å²) in [7, 11) is 0. The fraction of sp³-hybridized carbons (Fsp3) is 0.455. The molecule has 3 N–H and O–H groups in total. The number of hydrogen-bond acceptors (Lipinski definition) is 3. The summed E-state index contributed by atoms with van der Waals surface area (Å²) in [5.41, 5.74) is 7.13. The summed E-state index contributed by atoms with van der Waals surface area (Å²) in [6, 6.07) is 3.86. The van der Waals surface area contributed by atoms with Gasteiger partial charge in [-0.15, -0.1) is 0 Å². The first kappa shape index (κ1) is 12.0. The van der Waals surface area contributed by atoms with Gasteiger partial charge < -0.3 is 5.73 Å². The van der Waals surface area contributed by atoms with E-state index in [-0.39, 0.29) is 5.84 Å². The molecule has 1 rings (SSSR count). The van der Waals surface area contributed by atoms with Gasteiger partial charge in [0.15, 0.2) is 0 Å². The van der Waals surface area contributed by atoms with Crippen molar-refractivity contribution in [3.8, 4) is 0 Å². The molecule has 1 aromatic heterocycles. The first-order valence-electron chi connectivity index (χ1n) is 5.04. The molecular formula is C11H17N3S. The highest BCUT2D eigenvalue weighted by Gasteiger charge is 2.03. The Kier molecular flexibility index (Phi) is 4.62. The van der Waals surface area contributed by atoms with E-state index < -0.39 is 0 Å². The molecule has 15 heavy (non-hydrogen) atoms. The van der Waals surface area contributed by atoms with E-state index in [2.05, 4.69) is 18.8 Å². The normalized spacial score (nSPS) is 12.4. The quantitative estimate of drug-likeness (QED) is 0.595. The van der Waals surface area contributed by atoms with Crippen LogP contribution in [-0.2, 0) is 5.75 Å². The summed E-state index contributed by atoms with van der Waals surface area (Å²) in [5.74, 6) is 0.989. The number of hydrogen-bond donors (Lipinski definition) is 2. The molecule has 0 fully saturated rings. The van der Waals surface area contributed by atoms with Crippen molar-refractivity contribution in [3.63, 3.8) is 0 Å². The van der Waals surface area contributed by atoms with Crippen molar-refractivity contribution >= 4 is 17.6 Å². The van der Waals surface area contributed by atoms with Crippen LogP contribution in [-0.4, -0.2) is 16.1 Å². The van der Waals surface area contributed by atoms with Gasteiger partial charge in [0.05, 0.1) is 0 Å². The van der Waals surface area contributed by atoms with Crippen molar-refractivity contribution in [2.24, 2.45) is 5.73 Å². The molecular weight excluding hydrogens is 206 g/mol. The summed E-state index contributed by atoms with van der Waals surface area (Å²) in [4.78, 5) is 4.03. The van der Waals surface area contributed by atoms with Gasteiger partial charge in [0, 0.05) is 17.2 Å². The van der Waals surface area contributed by atoms with Gasteiger partial charge in [0.25, 0.3) is 0 Å². The summed E-state index contributed by atoms with van der Waals surface area (Å²) in [5, 5.41) is 7.96. The number of nitrogens with one attached hydrogen (secondary N) is 1. The van der Waals surface area contributed by atoms with Crippen LogP contribution in [0.5, 0.6) is 0 Å². The molecule has 1 heterocycles. The van der Waals surface area contributed by atoms with Gasteiger partial charge >= 0.3 is 0 Å². The highest BCUT2D eigenvalue weighted by Crippen LogP contribution is 2.19. The Morgan fingerprint density at radius 1 is 1.67 bits per heavy atom. The van der Waals surface area contributed by atoms with E-state index in [9.17, 15) is 0 Å². The van der Waals surface area contributed by atoms with Gasteiger partial charge in [-0.2, -0.15) is 11.8 Å². The number of pyridine rings is 1. The molecule has 1 atom stereocenters. The standard InChI is InChI=1S/C11H17N3S/c1-3-8(2)15-7-9-4-5-14-10(6-9)11(12)13/h4-6,8H,3,7H2,1-2H3,(H3,12,13). The summed E-state index contributed by atoms with van der Waals surface area (Å²) in [6.45, 7) is 4.41. The van der Waals surface area contributed by atoms with Crippen LogP contribution < -0.4 is 5.73 Å². The van der Waals surface area contributed by atoms with Crippen LogP contribution >= 0.6 is 11.8 Å². The van der Waals surface area contributed by atoms with E-state index in [1.807, 2.05) is 23.9 Å². The van der Waals surface area contributed by atoms with E-state index >= 15 is 0 Å². The third-order valence-corrected chi connectivity index (χ3v) is 3.61. The smallest absolute Gasteiger partial charge is 0.141 e. The average Bonchev–Trinajstić information content (AvgIpc) is 2.26. The first-order valence-corrected chi connectivity index (χ1v) is 6.09. The SMILES string of the molecule is CCC(C)SCc1ccnc(C(=N)N)c1. The lowest BCUT2D eigenvalue weighted by Crippen LogP contribution is -2.13. The summed E-state index contributed by atoms with van der Waals surface area (Å²) in [6.07, 6.45) is 2.89. The van der Waals surface area contributed by atoms with Gasteiger partial charge in [0.1, 0.15) is 11.5 Å². The molecule has 82 valence electrons. The highest BCUT2D eigenvalue weighted by atomic mass is 32.2. The Labute approximate surface area is 95.0 Å². The molecule has 1 aromatic rings. The second-order valence-electron chi connectivity index (χ2n) is 3.49. The molecule has 0 bridgehead atoms. The van der Waals surface area contributed by atoms with Crippen molar-refractivity contribution < 1.29 is 0 Å². The van der Waals surface area contributed by atoms with Gasteiger partial charge in [-0.1, -0.05) is 13.8 Å². The van der Waals surface area contributed by atoms with Crippen LogP contribution in [0.3, 0.4) is 0 Å². The molecule has 0 spiro atoms. The van der Waals surface area contributed by atoms with Crippen LogP contribution in [0.1, 0.15) is 31.5 Å². The van der Waals surface area contributed by atoms with Crippen molar-refractivity contribution in [2.75, 3.05) is 0 Å². The van der Waals surface area contributed by atoms with Gasteiger partial charge in [-0.05, 0) is 24.1 Å². The predicted molar refractivity (Wildman–Crippen MR) is 66.3 cm³/mol. The number of aromatic nitrogens is 1. The van der Waals surface area contributed by atoms with Crippen LogP contribution in [0.15, 0.2) is 18.3 Å². The summed E-state index contributed by atoms with van der Waals surface area (Å²) < 4.78 is 0. The Morgan fingerprint density at radius 3 is 3.00 bits per heavy atom. The molecule has 0 saturated carbocycles. The average molecular weight is 223 g/mol. The number of rotatable bonds is 5. The largest absolute Gasteiger partial charge is 0.382 e. The number of nitrogen functional groups attached to an aromatic ring is 1. The molecule has 0 saturated heterocycles. The zero-order valence-electron chi connectivity index (χ0n) is 9.16.